The largest absolute Gasteiger partial charge is 0.368 e. The van der Waals surface area contributed by atoms with E-state index in [1.165, 1.54) is 0 Å². The summed E-state index contributed by atoms with van der Waals surface area (Å²) in [6.07, 6.45) is 2.08. The molecule has 1 unspecified atom stereocenters. The summed E-state index contributed by atoms with van der Waals surface area (Å²) in [7, 11) is 0. The molecule has 1 atom stereocenters. The third-order valence-electron chi connectivity index (χ3n) is 4.85. The Morgan fingerprint density at radius 1 is 1.27 bits per heavy atom. The van der Waals surface area contributed by atoms with Crippen LogP contribution in [0, 0.1) is 5.41 Å². The first-order chi connectivity index (χ1) is 10.6. The zero-order chi connectivity index (χ0) is 15.6. The summed E-state index contributed by atoms with van der Waals surface area (Å²) in [6, 6.07) is 7.94. The van der Waals surface area contributed by atoms with Gasteiger partial charge >= 0.3 is 0 Å². The first-order valence-corrected chi connectivity index (χ1v) is 8.47. The van der Waals surface area contributed by atoms with E-state index in [9.17, 15) is 4.79 Å². The van der Waals surface area contributed by atoms with E-state index in [0.29, 0.717) is 5.91 Å². The number of rotatable bonds is 2. The van der Waals surface area contributed by atoms with Crippen molar-refractivity contribution in [3.63, 3.8) is 0 Å². The van der Waals surface area contributed by atoms with Crippen LogP contribution in [0.1, 0.15) is 19.8 Å². The van der Waals surface area contributed by atoms with Crippen LogP contribution in [0.25, 0.3) is 0 Å². The van der Waals surface area contributed by atoms with Gasteiger partial charge in [0.05, 0.1) is 5.41 Å². The predicted octanol–water partition coefficient (Wildman–Crippen LogP) is 2.38. The Bertz CT molecular complexity index is 534. The highest BCUT2D eigenvalue weighted by molar-refractivity contribution is 6.30. The minimum Gasteiger partial charge on any atom is -0.368 e. The third kappa shape index (κ3) is 3.23. The van der Waals surface area contributed by atoms with Gasteiger partial charge in [0, 0.05) is 43.4 Å². The Labute approximate surface area is 137 Å². The second-order valence-corrected chi connectivity index (χ2v) is 7.04. The molecule has 2 fully saturated rings. The number of nitrogens with zero attached hydrogens (tertiary/aromatic N) is 2. The van der Waals surface area contributed by atoms with Crippen molar-refractivity contribution in [3.8, 4) is 0 Å². The summed E-state index contributed by atoms with van der Waals surface area (Å²) in [5.74, 6) is 0.311. The maximum Gasteiger partial charge on any atom is 0.229 e. The molecule has 5 heteroatoms. The van der Waals surface area contributed by atoms with E-state index in [1.54, 1.807) is 0 Å². The van der Waals surface area contributed by atoms with Gasteiger partial charge in [-0.25, -0.2) is 0 Å². The summed E-state index contributed by atoms with van der Waals surface area (Å²) in [4.78, 5) is 17.2. The summed E-state index contributed by atoms with van der Waals surface area (Å²) < 4.78 is 0. The molecule has 2 heterocycles. The Kier molecular flexibility index (Phi) is 4.59. The molecule has 120 valence electrons. The van der Waals surface area contributed by atoms with Gasteiger partial charge in [-0.15, -0.1) is 0 Å². The van der Waals surface area contributed by atoms with E-state index in [2.05, 4.69) is 23.2 Å². The van der Waals surface area contributed by atoms with Gasteiger partial charge in [-0.2, -0.15) is 0 Å². The first-order valence-electron chi connectivity index (χ1n) is 8.09. The molecule has 2 aliphatic heterocycles. The van der Waals surface area contributed by atoms with Crippen LogP contribution >= 0.6 is 11.6 Å². The first kappa shape index (κ1) is 15.6. The van der Waals surface area contributed by atoms with Crippen LogP contribution in [-0.2, 0) is 4.79 Å². The van der Waals surface area contributed by atoms with Crippen molar-refractivity contribution in [1.82, 2.24) is 10.2 Å². The molecule has 1 amide bonds. The number of anilines is 1. The van der Waals surface area contributed by atoms with Crippen LogP contribution in [0.4, 0.5) is 5.69 Å². The lowest BCUT2D eigenvalue weighted by Gasteiger charge is -2.42. The minimum absolute atomic E-state index is 0.226. The quantitative estimate of drug-likeness (QED) is 0.908. The van der Waals surface area contributed by atoms with Gasteiger partial charge in [-0.3, -0.25) is 4.79 Å². The molecule has 0 radical (unpaired) electrons. The summed E-state index contributed by atoms with van der Waals surface area (Å²) >= 11 is 6.06. The lowest BCUT2D eigenvalue weighted by Crippen LogP contribution is -2.55. The van der Waals surface area contributed by atoms with Crippen LogP contribution < -0.4 is 10.2 Å². The van der Waals surface area contributed by atoms with Crippen LogP contribution in [0.15, 0.2) is 24.3 Å². The number of piperazine rings is 1. The smallest absolute Gasteiger partial charge is 0.229 e. The molecule has 1 aromatic carbocycles. The molecule has 1 N–H and O–H groups in total. The number of halogens is 1. The molecule has 22 heavy (non-hydrogen) atoms. The van der Waals surface area contributed by atoms with E-state index in [-0.39, 0.29) is 5.41 Å². The van der Waals surface area contributed by atoms with E-state index in [0.717, 1.165) is 62.8 Å². The highest BCUT2D eigenvalue weighted by Gasteiger charge is 2.38. The van der Waals surface area contributed by atoms with E-state index in [1.807, 2.05) is 23.1 Å². The Morgan fingerprint density at radius 2 is 2.05 bits per heavy atom. The SMILES string of the molecule is CC1(C(=O)N2CCN(c3cccc(Cl)c3)CC2)CCCNC1. The molecule has 0 spiro atoms. The van der Waals surface area contributed by atoms with Crippen LogP contribution in [0.3, 0.4) is 0 Å². The van der Waals surface area contributed by atoms with E-state index < -0.39 is 0 Å². The van der Waals surface area contributed by atoms with Crippen LogP contribution in [-0.4, -0.2) is 50.1 Å². The molecule has 0 bridgehead atoms. The lowest BCUT2D eigenvalue weighted by molar-refractivity contribution is -0.142. The molecule has 1 aromatic rings. The second kappa shape index (κ2) is 6.47. The summed E-state index contributed by atoms with van der Waals surface area (Å²) in [6.45, 7) is 7.27. The Hall–Kier alpha value is -1.26. The second-order valence-electron chi connectivity index (χ2n) is 6.60. The fourth-order valence-electron chi connectivity index (χ4n) is 3.46. The van der Waals surface area contributed by atoms with Crippen molar-refractivity contribution in [2.24, 2.45) is 5.41 Å². The van der Waals surface area contributed by atoms with Crippen LogP contribution in [0.2, 0.25) is 5.02 Å². The lowest BCUT2D eigenvalue weighted by atomic mass is 9.81. The zero-order valence-corrected chi connectivity index (χ0v) is 13.9. The number of amides is 1. The summed E-state index contributed by atoms with van der Waals surface area (Å²) in [5, 5.41) is 4.12. The highest BCUT2D eigenvalue weighted by atomic mass is 35.5. The average Bonchev–Trinajstić information content (AvgIpc) is 2.55. The maximum atomic E-state index is 12.8. The number of hydrogen-bond acceptors (Lipinski definition) is 3. The fraction of sp³-hybridized carbons (Fsp3) is 0.588. The van der Waals surface area contributed by atoms with Crippen molar-refractivity contribution in [1.29, 1.82) is 0 Å². The molecule has 0 aromatic heterocycles. The van der Waals surface area contributed by atoms with Crippen LogP contribution in [0.5, 0.6) is 0 Å². The fourth-order valence-corrected chi connectivity index (χ4v) is 3.65. The van der Waals surface area contributed by atoms with Gasteiger partial charge < -0.3 is 15.1 Å². The van der Waals surface area contributed by atoms with Crippen molar-refractivity contribution < 1.29 is 4.79 Å². The number of benzene rings is 1. The molecular weight excluding hydrogens is 298 g/mol. The zero-order valence-electron chi connectivity index (χ0n) is 13.1. The maximum absolute atomic E-state index is 12.8. The van der Waals surface area contributed by atoms with Gasteiger partial charge in [0.1, 0.15) is 0 Å². The van der Waals surface area contributed by atoms with Gasteiger partial charge in [-0.05, 0) is 44.5 Å². The normalized spacial score (nSPS) is 26.1. The molecular formula is C17H24ClN3O. The molecule has 0 aliphatic carbocycles. The topological polar surface area (TPSA) is 35.6 Å². The minimum atomic E-state index is -0.226. The van der Waals surface area contributed by atoms with Gasteiger partial charge in [0.2, 0.25) is 5.91 Å². The molecule has 3 rings (SSSR count). The summed E-state index contributed by atoms with van der Waals surface area (Å²) in [5.41, 5.74) is 0.918. The highest BCUT2D eigenvalue weighted by Crippen LogP contribution is 2.29. The van der Waals surface area contributed by atoms with Crippen molar-refractivity contribution in [2.45, 2.75) is 19.8 Å². The third-order valence-corrected chi connectivity index (χ3v) is 5.09. The van der Waals surface area contributed by atoms with Crippen molar-refractivity contribution in [2.75, 3.05) is 44.2 Å². The van der Waals surface area contributed by atoms with E-state index >= 15 is 0 Å². The van der Waals surface area contributed by atoms with E-state index in [4.69, 9.17) is 11.6 Å². The predicted molar refractivity (Wildman–Crippen MR) is 90.5 cm³/mol. The van der Waals surface area contributed by atoms with Crippen molar-refractivity contribution >= 4 is 23.2 Å². The van der Waals surface area contributed by atoms with Crippen molar-refractivity contribution in [3.05, 3.63) is 29.3 Å². The molecule has 2 aliphatic rings. The number of hydrogen-bond donors (Lipinski definition) is 1. The average molecular weight is 322 g/mol. The van der Waals surface area contributed by atoms with Gasteiger partial charge in [-0.1, -0.05) is 17.7 Å². The number of nitrogens with one attached hydrogen (secondary N) is 1. The molecule has 2 saturated heterocycles. The number of carbonyl (C=O) groups excluding carboxylic acids is 1. The Balaban J connectivity index is 1.60. The van der Waals surface area contributed by atoms with Gasteiger partial charge in [0.25, 0.3) is 0 Å². The standard InChI is InChI=1S/C17H24ClN3O/c1-17(6-3-7-19-13-17)16(22)21-10-8-20(9-11-21)15-5-2-4-14(18)12-15/h2,4-5,12,19H,3,6-11,13H2,1H3. The molecule has 4 nitrogen and oxygen atoms in total. The number of carbonyl (C=O) groups is 1. The Morgan fingerprint density at radius 3 is 2.68 bits per heavy atom. The monoisotopic (exact) mass is 321 g/mol. The van der Waals surface area contributed by atoms with Gasteiger partial charge in [0.15, 0.2) is 0 Å². The number of piperidine rings is 1. The molecule has 0 saturated carbocycles.